The molecule has 10 nitrogen and oxygen atoms in total. The van der Waals surface area contributed by atoms with Gasteiger partial charge in [-0.1, -0.05) is 17.3 Å². The number of aromatic nitrogens is 2. The Bertz CT molecular complexity index is 1090. The van der Waals surface area contributed by atoms with Crippen molar-refractivity contribution in [2.75, 3.05) is 18.5 Å². The van der Waals surface area contributed by atoms with Gasteiger partial charge in [0.05, 0.1) is 29.1 Å². The van der Waals surface area contributed by atoms with E-state index in [2.05, 4.69) is 20.4 Å². The molecule has 33 heavy (non-hydrogen) atoms. The lowest BCUT2D eigenvalue weighted by Crippen LogP contribution is -2.25. The summed E-state index contributed by atoms with van der Waals surface area (Å²) < 4.78 is 30.1. The van der Waals surface area contributed by atoms with Crippen molar-refractivity contribution in [3.8, 4) is 5.88 Å². The van der Waals surface area contributed by atoms with Crippen LogP contribution >= 0.6 is 0 Å². The van der Waals surface area contributed by atoms with Gasteiger partial charge < -0.3 is 20.0 Å². The van der Waals surface area contributed by atoms with E-state index in [1.165, 1.54) is 24.5 Å². The van der Waals surface area contributed by atoms with Crippen molar-refractivity contribution in [3.05, 3.63) is 42.2 Å². The molecule has 2 N–H and O–H groups in total. The first-order chi connectivity index (χ1) is 16.0. The summed E-state index contributed by atoms with van der Waals surface area (Å²) in [4.78, 5) is 27.0. The van der Waals surface area contributed by atoms with E-state index in [1.807, 2.05) is 0 Å². The minimum absolute atomic E-state index is 0.0136. The highest BCUT2D eigenvalue weighted by Crippen LogP contribution is 2.33. The van der Waals surface area contributed by atoms with E-state index in [-0.39, 0.29) is 46.9 Å². The smallest absolute Gasteiger partial charge is 0.279 e. The number of aliphatic hydroxyl groups excluding tert-OH is 1. The van der Waals surface area contributed by atoms with Crippen molar-refractivity contribution in [3.63, 3.8) is 0 Å². The van der Waals surface area contributed by atoms with Crippen LogP contribution in [-0.2, 0) is 19.5 Å². The molecule has 4 rings (SSSR count). The Morgan fingerprint density at radius 2 is 1.82 bits per heavy atom. The first-order valence-corrected chi connectivity index (χ1v) is 12.5. The van der Waals surface area contributed by atoms with Crippen molar-refractivity contribution in [2.45, 2.75) is 54.8 Å². The summed E-state index contributed by atoms with van der Waals surface area (Å²) in [6, 6.07) is 6.11. The van der Waals surface area contributed by atoms with Crippen LogP contribution in [0.3, 0.4) is 0 Å². The third kappa shape index (κ3) is 5.85. The van der Waals surface area contributed by atoms with Gasteiger partial charge in [-0.05, 0) is 50.7 Å². The molecule has 2 aliphatic rings. The van der Waals surface area contributed by atoms with Crippen LogP contribution in [0, 0.1) is 0 Å². The standard InChI is InChI=1S/C22H26N4O6S/c27-11-12-31-20-14-23-19(13-24-20)25-22(28)21(26-32-16-3-1-2-4-16)15-5-7-17(8-6-15)33(29,30)18-9-10-18/h5-8,13-14,16,18,27H,1-4,9-12H2,(H,23,25,28)/b26-21+. The Morgan fingerprint density at radius 3 is 2.42 bits per heavy atom. The normalized spacial score (nSPS) is 17.1. The van der Waals surface area contributed by atoms with Crippen molar-refractivity contribution in [2.24, 2.45) is 5.16 Å². The van der Waals surface area contributed by atoms with Crippen LogP contribution in [0.15, 0.2) is 46.7 Å². The number of carbonyl (C=O) groups excluding carboxylic acids is 1. The fourth-order valence-electron chi connectivity index (χ4n) is 3.50. The average molecular weight is 475 g/mol. The number of aliphatic hydroxyl groups is 1. The second kappa shape index (κ2) is 10.3. The molecule has 0 unspecified atom stereocenters. The van der Waals surface area contributed by atoms with Gasteiger partial charge >= 0.3 is 0 Å². The second-order valence-electron chi connectivity index (χ2n) is 7.99. The van der Waals surface area contributed by atoms with Gasteiger partial charge in [0.25, 0.3) is 5.91 Å². The maximum absolute atomic E-state index is 13.0. The Morgan fingerprint density at radius 1 is 1.09 bits per heavy atom. The third-order valence-electron chi connectivity index (χ3n) is 5.44. The molecule has 1 amide bonds. The van der Waals surface area contributed by atoms with Crippen molar-refractivity contribution in [1.29, 1.82) is 0 Å². The Labute approximate surface area is 192 Å². The lowest BCUT2D eigenvalue weighted by Gasteiger charge is -2.12. The predicted octanol–water partition coefficient (Wildman–Crippen LogP) is 2.09. The Hall–Kier alpha value is -3.05. The molecule has 1 heterocycles. The number of benzene rings is 1. The molecule has 1 aromatic heterocycles. The number of rotatable bonds is 10. The van der Waals surface area contributed by atoms with Crippen molar-refractivity contribution < 1.29 is 27.9 Å². The van der Waals surface area contributed by atoms with E-state index >= 15 is 0 Å². The molecule has 2 saturated carbocycles. The summed E-state index contributed by atoms with van der Waals surface area (Å²) in [6.45, 7) is -0.0656. The van der Waals surface area contributed by atoms with Gasteiger partial charge in [0.2, 0.25) is 5.88 Å². The van der Waals surface area contributed by atoms with E-state index in [1.54, 1.807) is 12.1 Å². The zero-order valence-corrected chi connectivity index (χ0v) is 18.8. The number of anilines is 1. The highest BCUT2D eigenvalue weighted by molar-refractivity contribution is 7.92. The lowest BCUT2D eigenvalue weighted by molar-refractivity contribution is -0.110. The molecule has 0 radical (unpaired) electrons. The number of nitrogens with zero attached hydrogens (tertiary/aromatic N) is 3. The summed E-state index contributed by atoms with van der Waals surface area (Å²) in [7, 11) is -3.33. The van der Waals surface area contributed by atoms with Gasteiger partial charge in [-0.25, -0.2) is 18.4 Å². The topological polar surface area (TPSA) is 140 Å². The Balaban J connectivity index is 1.52. The van der Waals surface area contributed by atoms with Crippen LogP contribution in [0.25, 0.3) is 0 Å². The number of oxime groups is 1. The number of hydrogen-bond donors (Lipinski definition) is 2. The predicted molar refractivity (Wildman–Crippen MR) is 120 cm³/mol. The maximum Gasteiger partial charge on any atom is 0.279 e. The summed E-state index contributed by atoms with van der Waals surface area (Å²) in [5, 5.41) is 15.2. The molecule has 1 aromatic carbocycles. The van der Waals surface area contributed by atoms with E-state index < -0.39 is 15.7 Å². The lowest BCUT2D eigenvalue weighted by atomic mass is 10.1. The molecule has 0 bridgehead atoms. The molecule has 176 valence electrons. The SMILES string of the molecule is O=C(Nc1cnc(OCCO)cn1)/C(=N/OC1CCCC1)c1ccc(S(=O)(=O)C2CC2)cc1. The van der Waals surface area contributed by atoms with Gasteiger partial charge in [0.1, 0.15) is 12.7 Å². The van der Waals surface area contributed by atoms with E-state index in [0.717, 1.165) is 25.7 Å². The highest BCUT2D eigenvalue weighted by Gasteiger charge is 2.36. The summed E-state index contributed by atoms with van der Waals surface area (Å²) in [5.74, 6) is -0.171. The molecule has 11 heteroatoms. The Kier molecular flexibility index (Phi) is 7.19. The van der Waals surface area contributed by atoms with Gasteiger partial charge in [0.15, 0.2) is 21.4 Å². The van der Waals surface area contributed by atoms with Crippen molar-refractivity contribution >= 4 is 27.3 Å². The van der Waals surface area contributed by atoms with Gasteiger partial charge in [-0.15, -0.1) is 0 Å². The zero-order valence-electron chi connectivity index (χ0n) is 18.0. The highest BCUT2D eigenvalue weighted by atomic mass is 32.2. The molecule has 2 aliphatic carbocycles. The minimum Gasteiger partial charge on any atom is -0.474 e. The number of carbonyl (C=O) groups is 1. The number of nitrogens with one attached hydrogen (secondary N) is 1. The first-order valence-electron chi connectivity index (χ1n) is 10.9. The zero-order chi connectivity index (χ0) is 23.3. The monoisotopic (exact) mass is 474 g/mol. The third-order valence-corrected chi connectivity index (χ3v) is 7.72. The van der Waals surface area contributed by atoms with Crippen LogP contribution in [-0.4, -0.2) is 59.7 Å². The summed E-state index contributed by atoms with van der Waals surface area (Å²) in [6.07, 6.45) is 7.81. The fourth-order valence-corrected chi connectivity index (χ4v) is 5.16. The van der Waals surface area contributed by atoms with E-state index in [4.69, 9.17) is 14.7 Å². The number of sulfone groups is 1. The van der Waals surface area contributed by atoms with Crippen molar-refractivity contribution in [1.82, 2.24) is 9.97 Å². The average Bonchev–Trinajstić information content (AvgIpc) is 3.57. The minimum atomic E-state index is -3.33. The molecule has 0 spiro atoms. The molecule has 2 fully saturated rings. The summed E-state index contributed by atoms with van der Waals surface area (Å²) in [5.41, 5.74) is 0.441. The van der Waals surface area contributed by atoms with Crippen LogP contribution in [0.5, 0.6) is 5.88 Å². The maximum atomic E-state index is 13.0. The molecule has 2 aromatic rings. The van der Waals surface area contributed by atoms with Crippen LogP contribution in [0.4, 0.5) is 5.82 Å². The van der Waals surface area contributed by atoms with Gasteiger partial charge in [-0.3, -0.25) is 4.79 Å². The van der Waals surface area contributed by atoms with E-state index in [9.17, 15) is 13.2 Å². The largest absolute Gasteiger partial charge is 0.474 e. The van der Waals surface area contributed by atoms with Gasteiger partial charge in [-0.2, -0.15) is 0 Å². The molecule has 0 saturated heterocycles. The van der Waals surface area contributed by atoms with Crippen LogP contribution < -0.4 is 10.1 Å². The molecular weight excluding hydrogens is 448 g/mol. The molecular formula is C22H26N4O6S. The summed E-state index contributed by atoms with van der Waals surface area (Å²) >= 11 is 0. The van der Waals surface area contributed by atoms with Crippen LogP contribution in [0.1, 0.15) is 44.1 Å². The number of ether oxygens (including phenoxy) is 1. The quantitative estimate of drug-likeness (QED) is 0.394. The second-order valence-corrected chi connectivity index (χ2v) is 10.2. The first kappa shape index (κ1) is 23.1. The molecule has 0 atom stereocenters. The number of amides is 1. The van der Waals surface area contributed by atoms with E-state index in [0.29, 0.717) is 18.4 Å². The molecule has 0 aliphatic heterocycles. The number of hydrogen-bond acceptors (Lipinski definition) is 9. The van der Waals surface area contributed by atoms with Gasteiger partial charge in [0, 0.05) is 5.56 Å². The van der Waals surface area contributed by atoms with Crippen LogP contribution in [0.2, 0.25) is 0 Å². The fraction of sp³-hybridized carbons (Fsp3) is 0.455.